The molecule has 1 rings (SSSR count). The van der Waals surface area contributed by atoms with Crippen LogP contribution in [0, 0.1) is 0 Å². The number of likely N-dealkylation sites (N-methyl/N-ethyl adjacent to an activating group) is 1. The first-order valence-electron chi connectivity index (χ1n) is 6.74. The van der Waals surface area contributed by atoms with Gasteiger partial charge in [-0.15, -0.1) is 0 Å². The Bertz CT molecular complexity index is 448. The zero-order valence-corrected chi connectivity index (χ0v) is 11.8. The number of aromatic nitrogens is 1. The monoisotopic (exact) mass is 266 g/mol. The Labute approximate surface area is 113 Å². The van der Waals surface area contributed by atoms with Gasteiger partial charge in [-0.05, 0) is 26.3 Å². The summed E-state index contributed by atoms with van der Waals surface area (Å²) >= 11 is 0. The maximum Gasteiger partial charge on any atom is 0.337 e. The van der Waals surface area contributed by atoms with Gasteiger partial charge in [0.25, 0.3) is 0 Å². The lowest BCUT2D eigenvalue weighted by Crippen LogP contribution is -2.33. The van der Waals surface area contributed by atoms with Gasteiger partial charge in [0.15, 0.2) is 0 Å². The van der Waals surface area contributed by atoms with E-state index < -0.39 is 5.97 Å². The second kappa shape index (κ2) is 6.97. The summed E-state index contributed by atoms with van der Waals surface area (Å²) in [6, 6.07) is 1.57. The van der Waals surface area contributed by atoms with Crippen LogP contribution < -0.4 is 0 Å². The molecule has 0 saturated carbocycles. The number of nitrogens with zero attached hydrogens (tertiary/aromatic N) is 2. The van der Waals surface area contributed by atoms with Gasteiger partial charge >= 0.3 is 5.97 Å². The van der Waals surface area contributed by atoms with Crippen molar-refractivity contribution >= 4 is 11.9 Å². The molecule has 1 N–H and O–H groups in total. The Kier molecular flexibility index (Phi) is 5.60. The minimum atomic E-state index is -0.933. The topological polar surface area (TPSA) is 62.5 Å². The zero-order chi connectivity index (χ0) is 14.4. The first-order chi connectivity index (χ1) is 9.04. The summed E-state index contributed by atoms with van der Waals surface area (Å²) in [5, 5.41) is 9.13. The Hall–Kier alpha value is -1.78. The molecule has 0 radical (unpaired) electrons. The molecule has 1 aromatic rings. The lowest BCUT2D eigenvalue weighted by Gasteiger charge is -2.20. The van der Waals surface area contributed by atoms with E-state index in [-0.39, 0.29) is 12.5 Å². The molecule has 0 saturated heterocycles. The fourth-order valence-electron chi connectivity index (χ4n) is 2.19. The molecule has 1 amide bonds. The number of hydrogen-bond donors (Lipinski definition) is 1. The average Bonchev–Trinajstić information content (AvgIpc) is 2.74. The van der Waals surface area contributed by atoms with E-state index in [2.05, 4.69) is 0 Å². The van der Waals surface area contributed by atoms with Gasteiger partial charge < -0.3 is 14.6 Å². The molecule has 0 spiro atoms. The van der Waals surface area contributed by atoms with Crippen LogP contribution in [0.25, 0.3) is 0 Å². The van der Waals surface area contributed by atoms with Crippen LogP contribution in [0.3, 0.4) is 0 Å². The highest BCUT2D eigenvalue weighted by Crippen LogP contribution is 2.14. The maximum absolute atomic E-state index is 12.1. The number of rotatable bonds is 7. The van der Waals surface area contributed by atoms with Gasteiger partial charge in [-0.25, -0.2) is 4.79 Å². The summed E-state index contributed by atoms with van der Waals surface area (Å²) in [7, 11) is 0. The molecule has 1 aromatic heterocycles. The van der Waals surface area contributed by atoms with Crippen molar-refractivity contribution in [3.05, 3.63) is 23.5 Å². The van der Waals surface area contributed by atoms with Crippen molar-refractivity contribution in [2.45, 2.75) is 40.2 Å². The molecule has 0 unspecified atom stereocenters. The second-order valence-electron chi connectivity index (χ2n) is 4.43. The van der Waals surface area contributed by atoms with Gasteiger partial charge in [0.2, 0.25) is 5.91 Å². The second-order valence-corrected chi connectivity index (χ2v) is 4.43. The van der Waals surface area contributed by atoms with Gasteiger partial charge in [0.05, 0.1) is 5.56 Å². The highest BCUT2D eigenvalue weighted by atomic mass is 16.4. The summed E-state index contributed by atoms with van der Waals surface area (Å²) in [4.78, 5) is 24.9. The van der Waals surface area contributed by atoms with Crippen molar-refractivity contribution < 1.29 is 14.7 Å². The third kappa shape index (κ3) is 3.59. The normalized spacial score (nSPS) is 10.5. The minimum Gasteiger partial charge on any atom is -0.478 e. The maximum atomic E-state index is 12.1. The van der Waals surface area contributed by atoms with Crippen LogP contribution in [0.2, 0.25) is 0 Å². The summed E-state index contributed by atoms with van der Waals surface area (Å²) < 4.78 is 1.76. The van der Waals surface area contributed by atoms with E-state index in [4.69, 9.17) is 5.11 Å². The molecule has 19 heavy (non-hydrogen) atoms. The van der Waals surface area contributed by atoms with Crippen LogP contribution in [-0.4, -0.2) is 39.5 Å². The molecular formula is C14H22N2O3. The van der Waals surface area contributed by atoms with Gasteiger partial charge in [-0.2, -0.15) is 0 Å². The largest absolute Gasteiger partial charge is 0.478 e. The molecule has 106 valence electrons. The quantitative estimate of drug-likeness (QED) is 0.821. The molecule has 0 aliphatic heterocycles. The van der Waals surface area contributed by atoms with E-state index in [1.54, 1.807) is 21.7 Å². The van der Waals surface area contributed by atoms with Gasteiger partial charge in [0.1, 0.15) is 6.54 Å². The molecule has 0 aliphatic rings. The lowest BCUT2D eigenvalue weighted by atomic mass is 10.1. The van der Waals surface area contributed by atoms with Crippen molar-refractivity contribution in [2.24, 2.45) is 0 Å². The average molecular weight is 266 g/mol. The Morgan fingerprint density at radius 1 is 1.26 bits per heavy atom. The number of carboxylic acid groups (broad SMARTS) is 1. The summed E-state index contributed by atoms with van der Waals surface area (Å²) in [5.74, 6) is -0.910. The van der Waals surface area contributed by atoms with Crippen molar-refractivity contribution in [2.75, 3.05) is 13.1 Å². The SMILES string of the molecule is CCCc1c(C(=O)O)ccn1CC(=O)N(CC)CC. The molecule has 0 bridgehead atoms. The van der Waals surface area contributed by atoms with Gasteiger partial charge in [0, 0.05) is 25.0 Å². The van der Waals surface area contributed by atoms with Crippen LogP contribution in [0.1, 0.15) is 43.2 Å². The predicted molar refractivity (Wildman–Crippen MR) is 73.3 cm³/mol. The fraction of sp³-hybridized carbons (Fsp3) is 0.571. The summed E-state index contributed by atoms with van der Waals surface area (Å²) in [5.41, 5.74) is 1.03. The molecule has 0 aliphatic carbocycles. The first kappa shape index (κ1) is 15.3. The molecule has 0 aromatic carbocycles. The van der Waals surface area contributed by atoms with Crippen LogP contribution in [0.5, 0.6) is 0 Å². The standard InChI is InChI=1S/C14H22N2O3/c1-4-7-12-11(14(18)19)8-9-16(12)10-13(17)15(5-2)6-3/h8-9H,4-7,10H2,1-3H3,(H,18,19). The van der Waals surface area contributed by atoms with Crippen molar-refractivity contribution in [1.29, 1.82) is 0 Å². The highest BCUT2D eigenvalue weighted by Gasteiger charge is 2.17. The Balaban J connectivity index is 2.94. The molecular weight excluding hydrogens is 244 g/mol. The summed E-state index contributed by atoms with van der Waals surface area (Å²) in [6.45, 7) is 7.43. The number of carbonyl (C=O) groups excluding carboxylic acids is 1. The Morgan fingerprint density at radius 2 is 1.89 bits per heavy atom. The van der Waals surface area contributed by atoms with Crippen LogP contribution in [0.4, 0.5) is 0 Å². The van der Waals surface area contributed by atoms with E-state index >= 15 is 0 Å². The Morgan fingerprint density at radius 3 is 2.37 bits per heavy atom. The van der Waals surface area contributed by atoms with Crippen LogP contribution >= 0.6 is 0 Å². The molecule has 1 heterocycles. The number of amides is 1. The van der Waals surface area contributed by atoms with E-state index in [0.717, 1.165) is 12.1 Å². The van der Waals surface area contributed by atoms with Crippen LogP contribution in [0.15, 0.2) is 12.3 Å². The smallest absolute Gasteiger partial charge is 0.337 e. The van der Waals surface area contributed by atoms with Crippen molar-refractivity contribution in [3.8, 4) is 0 Å². The van der Waals surface area contributed by atoms with E-state index in [0.29, 0.717) is 25.1 Å². The van der Waals surface area contributed by atoms with E-state index in [1.165, 1.54) is 0 Å². The van der Waals surface area contributed by atoms with Crippen molar-refractivity contribution in [1.82, 2.24) is 9.47 Å². The fourth-order valence-corrected chi connectivity index (χ4v) is 2.19. The predicted octanol–water partition coefficient (Wildman–Crippen LogP) is 2.01. The van der Waals surface area contributed by atoms with E-state index in [9.17, 15) is 9.59 Å². The summed E-state index contributed by atoms with van der Waals surface area (Å²) in [6.07, 6.45) is 3.21. The zero-order valence-electron chi connectivity index (χ0n) is 11.8. The van der Waals surface area contributed by atoms with Crippen molar-refractivity contribution in [3.63, 3.8) is 0 Å². The molecule has 5 nitrogen and oxygen atoms in total. The lowest BCUT2D eigenvalue weighted by molar-refractivity contribution is -0.131. The molecule has 0 fully saturated rings. The molecule has 5 heteroatoms. The minimum absolute atomic E-state index is 0.0230. The molecule has 0 atom stereocenters. The third-order valence-electron chi connectivity index (χ3n) is 3.22. The van der Waals surface area contributed by atoms with Gasteiger partial charge in [-0.1, -0.05) is 13.3 Å². The number of carbonyl (C=O) groups is 2. The van der Waals surface area contributed by atoms with E-state index in [1.807, 2.05) is 20.8 Å². The first-order valence-corrected chi connectivity index (χ1v) is 6.74. The van der Waals surface area contributed by atoms with Gasteiger partial charge in [-0.3, -0.25) is 4.79 Å². The number of aromatic carboxylic acids is 1. The highest BCUT2D eigenvalue weighted by molar-refractivity contribution is 5.89. The number of hydrogen-bond acceptors (Lipinski definition) is 2. The third-order valence-corrected chi connectivity index (χ3v) is 3.22. The van der Waals surface area contributed by atoms with Crippen LogP contribution in [-0.2, 0) is 17.8 Å². The number of carboxylic acids is 1.